The van der Waals surface area contributed by atoms with E-state index in [1.54, 1.807) is 0 Å². The third-order valence-electron chi connectivity index (χ3n) is 13.7. The van der Waals surface area contributed by atoms with Gasteiger partial charge in [-0.1, -0.05) is 32.9 Å². The Balaban J connectivity index is 0.887. The minimum absolute atomic E-state index is 0.130. The normalized spacial score (nSPS) is 55.7. The van der Waals surface area contributed by atoms with Gasteiger partial charge >= 0.3 is 0 Å². The molecule has 10 fully saturated rings. The average Bonchev–Trinajstić information content (AvgIpc) is 3.21. The molecule has 4 bridgehead atoms. The molecule has 256 valence electrons. The third kappa shape index (κ3) is 4.30. The molecule has 0 aromatic carbocycles. The van der Waals surface area contributed by atoms with Crippen molar-refractivity contribution in [1.29, 1.82) is 0 Å². The second-order valence-corrected chi connectivity index (χ2v) is 16.4. The van der Waals surface area contributed by atoms with Gasteiger partial charge in [0.05, 0.1) is 18.5 Å². The highest BCUT2D eigenvalue weighted by atomic mass is 17.3. The van der Waals surface area contributed by atoms with Gasteiger partial charge in [0.25, 0.3) is 0 Å². The Kier molecular flexibility index (Phi) is 7.13. The van der Waals surface area contributed by atoms with E-state index in [0.29, 0.717) is 36.7 Å². The molecule has 16 atom stereocenters. The summed E-state index contributed by atoms with van der Waals surface area (Å²) in [6, 6.07) is 0. The predicted octanol–water partition coefficient (Wildman–Crippen LogP) is 5.43. The summed E-state index contributed by atoms with van der Waals surface area (Å²) in [7, 11) is 0. The van der Waals surface area contributed by atoms with Gasteiger partial charge in [-0.2, -0.15) is 0 Å². The van der Waals surface area contributed by atoms with Crippen molar-refractivity contribution in [2.24, 2.45) is 47.3 Å². The Hall–Kier alpha value is -1.22. The van der Waals surface area contributed by atoms with Gasteiger partial charge in [-0.25, -0.2) is 24.2 Å². The van der Waals surface area contributed by atoms with Crippen molar-refractivity contribution >= 4 is 0 Å². The number of hydrogen-bond donors (Lipinski definition) is 0. The fourth-order valence-electron chi connectivity index (χ4n) is 11.1. The summed E-state index contributed by atoms with van der Waals surface area (Å²) in [5, 5.41) is 9.08. The molecule has 0 amide bonds. The number of aromatic nitrogens is 3. The first-order chi connectivity index (χ1) is 22.1. The van der Waals surface area contributed by atoms with Crippen molar-refractivity contribution in [3.8, 4) is 0 Å². The first-order valence-corrected chi connectivity index (χ1v) is 18.0. The summed E-state index contributed by atoms with van der Waals surface area (Å²) in [5.74, 6) is 0.839. The lowest BCUT2D eigenvalue weighted by atomic mass is 9.58. The lowest BCUT2D eigenvalue weighted by molar-refractivity contribution is -0.577. The Bertz CT molecular complexity index is 1330. The van der Waals surface area contributed by atoms with E-state index in [0.717, 1.165) is 57.1 Å². The molecule has 9 heterocycles. The van der Waals surface area contributed by atoms with Gasteiger partial charge in [-0.15, -0.1) is 5.10 Å². The Morgan fingerprint density at radius 1 is 0.739 bits per heavy atom. The monoisotopic (exact) mass is 645 g/mol. The zero-order valence-electron chi connectivity index (χ0n) is 28.1. The van der Waals surface area contributed by atoms with Crippen LogP contribution in [0, 0.1) is 47.3 Å². The van der Waals surface area contributed by atoms with E-state index in [9.17, 15) is 0 Å². The molecule has 8 saturated heterocycles. The van der Waals surface area contributed by atoms with Crippen molar-refractivity contribution in [3.05, 3.63) is 11.9 Å². The Morgan fingerprint density at radius 2 is 1.33 bits per heavy atom. The van der Waals surface area contributed by atoms with Gasteiger partial charge in [-0.3, -0.25) is 0 Å². The highest BCUT2D eigenvalue weighted by molar-refractivity contribution is 5.11. The van der Waals surface area contributed by atoms with E-state index >= 15 is 0 Å². The summed E-state index contributed by atoms with van der Waals surface area (Å²) in [5.41, 5.74) is -0.334. The van der Waals surface area contributed by atoms with Crippen molar-refractivity contribution in [1.82, 2.24) is 15.0 Å². The van der Waals surface area contributed by atoms with Crippen molar-refractivity contribution in [2.75, 3.05) is 6.61 Å². The van der Waals surface area contributed by atoms with Crippen molar-refractivity contribution < 1.29 is 43.2 Å². The van der Waals surface area contributed by atoms with Crippen LogP contribution in [0.15, 0.2) is 6.20 Å². The number of ether oxygens (including phenoxy) is 5. The third-order valence-corrected chi connectivity index (χ3v) is 13.7. The zero-order valence-corrected chi connectivity index (χ0v) is 28.1. The minimum Gasteiger partial charge on any atom is -0.352 e. The molecule has 2 aliphatic carbocycles. The molecule has 11 rings (SSSR count). The molecule has 10 aliphatic rings. The average molecular weight is 646 g/mol. The van der Waals surface area contributed by atoms with Crippen LogP contribution in [-0.4, -0.2) is 63.2 Å². The Morgan fingerprint density at radius 3 is 1.96 bits per heavy atom. The van der Waals surface area contributed by atoms with E-state index in [-0.39, 0.29) is 29.9 Å². The summed E-state index contributed by atoms with van der Waals surface area (Å²) in [6.45, 7) is 13.5. The van der Waals surface area contributed by atoms with E-state index in [1.807, 2.05) is 24.7 Å². The fraction of sp³-hybridized carbons (Fsp3) is 0.941. The number of nitrogens with zero attached hydrogens (tertiary/aromatic N) is 3. The minimum atomic E-state index is -0.805. The largest absolute Gasteiger partial charge is 0.352 e. The van der Waals surface area contributed by atoms with Crippen LogP contribution < -0.4 is 0 Å². The van der Waals surface area contributed by atoms with Gasteiger partial charge < -0.3 is 23.7 Å². The van der Waals surface area contributed by atoms with Crippen LogP contribution in [0.2, 0.25) is 0 Å². The summed E-state index contributed by atoms with van der Waals surface area (Å²) in [4.78, 5) is 24.5. The maximum atomic E-state index is 6.75. The van der Waals surface area contributed by atoms with Crippen LogP contribution in [0.4, 0.5) is 0 Å². The van der Waals surface area contributed by atoms with Crippen molar-refractivity contribution in [2.45, 2.75) is 147 Å². The number of rotatable bonds is 5. The van der Waals surface area contributed by atoms with Crippen LogP contribution >= 0.6 is 0 Å². The summed E-state index contributed by atoms with van der Waals surface area (Å²) >= 11 is 0. The topological polar surface area (TPSA) is 114 Å². The number of fused-ring (bicyclic) bond motifs is 4. The maximum absolute atomic E-state index is 6.75. The molecule has 1 aromatic heterocycles. The quantitative estimate of drug-likeness (QED) is 0.382. The molecular weight excluding hydrogens is 594 g/mol. The molecule has 1 unspecified atom stereocenters. The lowest BCUT2D eigenvalue weighted by Gasteiger charge is -2.60. The summed E-state index contributed by atoms with van der Waals surface area (Å²) in [6.07, 6.45) is 8.87. The van der Waals surface area contributed by atoms with Gasteiger partial charge in [0, 0.05) is 42.9 Å². The summed E-state index contributed by atoms with van der Waals surface area (Å²) < 4.78 is 34.7. The van der Waals surface area contributed by atoms with Crippen molar-refractivity contribution in [3.63, 3.8) is 0 Å². The molecule has 12 nitrogen and oxygen atoms in total. The second-order valence-electron chi connectivity index (χ2n) is 16.4. The zero-order chi connectivity index (χ0) is 31.6. The van der Waals surface area contributed by atoms with Gasteiger partial charge in [-0.05, 0) is 76.0 Å². The first-order valence-electron chi connectivity index (χ1n) is 18.0. The molecule has 0 radical (unpaired) electrons. The molecule has 2 spiro atoms. The molecule has 8 aliphatic heterocycles. The fourth-order valence-corrected chi connectivity index (χ4v) is 11.1. The van der Waals surface area contributed by atoms with Crippen LogP contribution in [0.25, 0.3) is 0 Å². The number of hydrogen-bond acceptors (Lipinski definition) is 11. The van der Waals surface area contributed by atoms with Gasteiger partial charge in [0.15, 0.2) is 36.3 Å². The lowest BCUT2D eigenvalue weighted by Crippen LogP contribution is -2.70. The van der Waals surface area contributed by atoms with Crippen LogP contribution in [-0.2, 0) is 49.7 Å². The van der Waals surface area contributed by atoms with E-state index in [1.165, 1.54) is 0 Å². The molecule has 2 saturated carbocycles. The molecular formula is C34H51N3O9. The SMILES string of the molecule is C[C@H]1[C@H](OCCc2cn(C3O[C@@H]4O[C@@]5(C)CC[C@H]6[C@H](C)CC[C@@H]([C@H]3C)[C@@]46OO5)nn2)O[C@@H]2O[C@]3(C)CC[C@H]4[C@H](C)CC[C@@H]1[C@@]24OO3. The second kappa shape index (κ2) is 10.6. The maximum Gasteiger partial charge on any atom is 0.201 e. The molecule has 0 N–H and O–H groups in total. The molecule has 46 heavy (non-hydrogen) atoms. The first kappa shape index (κ1) is 30.8. The standard InChI is InChI=1S/C34H51N3O9/c1-18-7-9-25-20(3)27(39-29-33(25)23(18)11-14-31(5,41-29)43-45-33)37-17-22(35-36-37)13-16-38-28-21(4)26-10-8-19(2)24-12-15-32(6)42-30(40-28)34(24,26)46-44-32/h17-21,23-30H,7-16H2,1-6H3/t18-,19-,20-,21-,23+,24+,25+,26+,27?,28-,29-,30-,31-,32+,33-,34-/m1/s1. The van der Waals surface area contributed by atoms with Gasteiger partial charge in [0.1, 0.15) is 0 Å². The van der Waals surface area contributed by atoms with E-state index in [2.05, 4.69) is 38.0 Å². The Labute approximate surface area is 271 Å². The highest BCUT2D eigenvalue weighted by Crippen LogP contribution is 2.63. The van der Waals surface area contributed by atoms with Gasteiger partial charge in [0.2, 0.25) is 11.6 Å². The molecule has 12 heteroatoms. The van der Waals surface area contributed by atoms with Crippen LogP contribution in [0.3, 0.4) is 0 Å². The molecule has 1 aromatic rings. The van der Waals surface area contributed by atoms with Crippen LogP contribution in [0.5, 0.6) is 0 Å². The smallest absolute Gasteiger partial charge is 0.201 e. The van der Waals surface area contributed by atoms with E-state index < -0.39 is 41.6 Å². The van der Waals surface area contributed by atoms with E-state index in [4.69, 9.17) is 43.2 Å². The van der Waals surface area contributed by atoms with Crippen LogP contribution in [0.1, 0.15) is 105 Å². The highest BCUT2D eigenvalue weighted by Gasteiger charge is 2.71. The predicted molar refractivity (Wildman–Crippen MR) is 159 cm³/mol.